The predicted octanol–water partition coefficient (Wildman–Crippen LogP) is 2.36. The van der Waals surface area contributed by atoms with Crippen molar-refractivity contribution in [2.75, 3.05) is 13.2 Å². The van der Waals surface area contributed by atoms with Gasteiger partial charge in [0, 0.05) is 6.04 Å². The number of hydrogen-bond donors (Lipinski definition) is 2. The summed E-state index contributed by atoms with van der Waals surface area (Å²) in [5.41, 5.74) is -0.752. The van der Waals surface area contributed by atoms with Gasteiger partial charge in [0.1, 0.15) is 12.1 Å². The molecule has 2 rings (SSSR count). The smallest absolute Gasteiger partial charge is 0.326 e. The van der Waals surface area contributed by atoms with Crippen molar-refractivity contribution >= 4 is 23.8 Å². The molecule has 1 saturated carbocycles. The Morgan fingerprint density at radius 3 is 2.45 bits per heavy atom. The van der Waals surface area contributed by atoms with E-state index < -0.39 is 36.6 Å². The number of amides is 4. The first-order valence-corrected chi connectivity index (χ1v) is 10.6. The molecular weight excluding hydrogens is 374 g/mol. The third kappa shape index (κ3) is 5.70. The van der Waals surface area contributed by atoms with Crippen LogP contribution in [0.2, 0.25) is 0 Å². The molecule has 2 aliphatic rings. The highest BCUT2D eigenvalue weighted by Crippen LogP contribution is 2.43. The SMILES string of the molecule is CCCC(C)NC(=O)COC(=O)CN1C(=O)NC2(CCC(C(C)(C)C)CC2)C1=O. The third-order valence-corrected chi connectivity index (χ3v) is 6.09. The van der Waals surface area contributed by atoms with Crippen molar-refractivity contribution in [1.82, 2.24) is 15.5 Å². The van der Waals surface area contributed by atoms with E-state index in [0.717, 1.165) is 30.6 Å². The van der Waals surface area contributed by atoms with Crippen molar-refractivity contribution in [2.24, 2.45) is 11.3 Å². The van der Waals surface area contributed by atoms with Gasteiger partial charge in [0.05, 0.1) is 0 Å². The number of rotatable bonds is 7. The van der Waals surface area contributed by atoms with Crippen LogP contribution >= 0.6 is 0 Å². The molecule has 164 valence electrons. The summed E-state index contributed by atoms with van der Waals surface area (Å²) in [5, 5.41) is 5.54. The van der Waals surface area contributed by atoms with E-state index >= 15 is 0 Å². The third-order valence-electron chi connectivity index (χ3n) is 6.09. The summed E-state index contributed by atoms with van der Waals surface area (Å²) in [6, 6.07) is -0.567. The number of hydrogen-bond acceptors (Lipinski definition) is 5. The first-order chi connectivity index (χ1) is 13.5. The average molecular weight is 410 g/mol. The molecule has 1 heterocycles. The van der Waals surface area contributed by atoms with Crippen LogP contribution in [0.1, 0.15) is 73.1 Å². The number of urea groups is 1. The fraction of sp³-hybridized carbons (Fsp3) is 0.810. The van der Waals surface area contributed by atoms with Crippen LogP contribution in [0.15, 0.2) is 0 Å². The lowest BCUT2D eigenvalue weighted by molar-refractivity contribution is -0.151. The lowest BCUT2D eigenvalue weighted by atomic mass is 9.67. The summed E-state index contributed by atoms with van der Waals surface area (Å²) in [4.78, 5) is 50.0. The maximum Gasteiger partial charge on any atom is 0.326 e. The monoisotopic (exact) mass is 409 g/mol. The molecule has 2 fully saturated rings. The molecule has 8 nitrogen and oxygen atoms in total. The van der Waals surface area contributed by atoms with Gasteiger partial charge in [-0.25, -0.2) is 4.79 Å². The Balaban J connectivity index is 1.86. The van der Waals surface area contributed by atoms with Crippen LogP contribution in [0, 0.1) is 11.3 Å². The van der Waals surface area contributed by atoms with Crippen molar-refractivity contribution in [3.05, 3.63) is 0 Å². The van der Waals surface area contributed by atoms with Crippen molar-refractivity contribution in [1.29, 1.82) is 0 Å². The van der Waals surface area contributed by atoms with E-state index in [9.17, 15) is 19.2 Å². The topological polar surface area (TPSA) is 105 Å². The molecule has 1 saturated heterocycles. The Morgan fingerprint density at radius 1 is 1.28 bits per heavy atom. The van der Waals surface area contributed by atoms with E-state index in [0.29, 0.717) is 18.8 Å². The normalized spacial score (nSPS) is 25.7. The van der Waals surface area contributed by atoms with Gasteiger partial charge in [0.15, 0.2) is 6.61 Å². The minimum atomic E-state index is -0.911. The number of nitrogens with one attached hydrogen (secondary N) is 2. The summed E-state index contributed by atoms with van der Waals surface area (Å²) in [6.45, 7) is 9.56. The zero-order chi connectivity index (χ0) is 21.8. The highest BCUT2D eigenvalue weighted by Gasteiger charge is 2.53. The maximum absolute atomic E-state index is 12.9. The fourth-order valence-electron chi connectivity index (χ4n) is 4.28. The zero-order valence-corrected chi connectivity index (χ0v) is 18.3. The van der Waals surface area contributed by atoms with Crippen molar-refractivity contribution < 1.29 is 23.9 Å². The fourth-order valence-corrected chi connectivity index (χ4v) is 4.28. The lowest BCUT2D eigenvalue weighted by Gasteiger charge is -2.40. The van der Waals surface area contributed by atoms with Crippen molar-refractivity contribution in [2.45, 2.75) is 84.7 Å². The Morgan fingerprint density at radius 2 is 1.90 bits per heavy atom. The number of nitrogens with zero attached hydrogens (tertiary/aromatic N) is 1. The van der Waals surface area contributed by atoms with Gasteiger partial charge < -0.3 is 15.4 Å². The van der Waals surface area contributed by atoms with Crippen molar-refractivity contribution in [3.8, 4) is 0 Å². The van der Waals surface area contributed by atoms with E-state index in [1.165, 1.54) is 0 Å². The second kappa shape index (κ2) is 9.13. The molecule has 29 heavy (non-hydrogen) atoms. The highest BCUT2D eigenvalue weighted by molar-refractivity contribution is 6.08. The van der Waals surface area contributed by atoms with Crippen LogP contribution in [0.3, 0.4) is 0 Å². The largest absolute Gasteiger partial charge is 0.454 e. The number of ether oxygens (including phenoxy) is 1. The molecule has 0 aromatic heterocycles. The van der Waals surface area contributed by atoms with Gasteiger partial charge in [-0.2, -0.15) is 0 Å². The summed E-state index contributed by atoms with van der Waals surface area (Å²) in [5.74, 6) is -1.04. The van der Waals surface area contributed by atoms with Gasteiger partial charge in [-0.3, -0.25) is 19.3 Å². The molecule has 0 aromatic rings. The van der Waals surface area contributed by atoms with E-state index in [-0.39, 0.29) is 17.4 Å². The van der Waals surface area contributed by atoms with Crippen LogP contribution in [0.25, 0.3) is 0 Å². The number of carbonyl (C=O) groups excluding carboxylic acids is 4. The van der Waals surface area contributed by atoms with Gasteiger partial charge in [-0.15, -0.1) is 0 Å². The highest BCUT2D eigenvalue weighted by atomic mass is 16.5. The molecule has 1 aliphatic carbocycles. The van der Waals surface area contributed by atoms with Crippen molar-refractivity contribution in [3.63, 3.8) is 0 Å². The van der Waals surface area contributed by atoms with Gasteiger partial charge >= 0.3 is 12.0 Å². The molecule has 2 N–H and O–H groups in total. The molecule has 1 spiro atoms. The molecule has 4 amide bonds. The summed E-state index contributed by atoms with van der Waals surface area (Å²) in [7, 11) is 0. The second-order valence-electron chi connectivity index (χ2n) is 9.46. The molecule has 0 radical (unpaired) electrons. The van der Waals surface area contributed by atoms with Crippen LogP contribution < -0.4 is 10.6 Å². The Kier molecular flexibility index (Phi) is 7.30. The van der Waals surface area contributed by atoms with Gasteiger partial charge in [0.2, 0.25) is 0 Å². The first kappa shape index (κ1) is 23.2. The number of esters is 1. The van der Waals surface area contributed by atoms with E-state index in [4.69, 9.17) is 4.74 Å². The zero-order valence-electron chi connectivity index (χ0n) is 18.3. The Hall–Kier alpha value is -2.12. The molecule has 1 aliphatic heterocycles. The van der Waals surface area contributed by atoms with Gasteiger partial charge in [-0.05, 0) is 50.4 Å². The average Bonchev–Trinajstić information content (AvgIpc) is 2.84. The van der Waals surface area contributed by atoms with Crippen LogP contribution in [0.5, 0.6) is 0 Å². The van der Waals surface area contributed by atoms with Crippen LogP contribution in [0.4, 0.5) is 4.79 Å². The second-order valence-corrected chi connectivity index (χ2v) is 9.46. The van der Waals surface area contributed by atoms with E-state index in [1.807, 2.05) is 13.8 Å². The molecule has 0 aromatic carbocycles. The lowest BCUT2D eigenvalue weighted by Crippen LogP contribution is -2.50. The minimum absolute atomic E-state index is 0.000207. The molecule has 8 heteroatoms. The van der Waals surface area contributed by atoms with Crippen LogP contribution in [-0.2, 0) is 19.1 Å². The Labute approximate surface area is 173 Å². The van der Waals surface area contributed by atoms with E-state index in [1.54, 1.807) is 0 Å². The minimum Gasteiger partial charge on any atom is -0.454 e. The Bertz CT molecular complexity index is 647. The summed E-state index contributed by atoms with van der Waals surface area (Å²) < 4.78 is 4.95. The predicted molar refractivity (Wildman–Crippen MR) is 108 cm³/mol. The van der Waals surface area contributed by atoms with Crippen LogP contribution in [-0.4, -0.2) is 53.4 Å². The molecule has 0 bridgehead atoms. The summed E-state index contributed by atoms with van der Waals surface area (Å²) in [6.07, 6.45) is 4.62. The first-order valence-electron chi connectivity index (χ1n) is 10.6. The van der Waals surface area contributed by atoms with Gasteiger partial charge in [0.25, 0.3) is 11.8 Å². The molecular formula is C21H35N3O5. The number of carbonyl (C=O) groups is 4. The van der Waals surface area contributed by atoms with E-state index in [2.05, 4.69) is 31.4 Å². The standard InChI is InChI=1S/C21H35N3O5/c1-6-7-14(2)22-16(25)13-29-17(26)12-24-18(27)21(23-19(24)28)10-8-15(9-11-21)20(3,4)5/h14-15H,6-13H2,1-5H3,(H,22,25)(H,23,28). The quantitative estimate of drug-likeness (QED) is 0.496. The molecule has 1 unspecified atom stereocenters. The molecule has 1 atom stereocenters. The summed E-state index contributed by atoms with van der Waals surface area (Å²) >= 11 is 0. The number of imide groups is 1. The maximum atomic E-state index is 12.9. The van der Waals surface area contributed by atoms with Gasteiger partial charge in [-0.1, -0.05) is 34.1 Å².